The molecule has 29 heavy (non-hydrogen) atoms. The van der Waals surface area contributed by atoms with Crippen molar-refractivity contribution < 1.29 is 31.1 Å². The lowest BCUT2D eigenvalue weighted by molar-refractivity contribution is -0.187. The van der Waals surface area contributed by atoms with Crippen LogP contribution in [0.15, 0.2) is 48.5 Å². The van der Waals surface area contributed by atoms with Crippen molar-refractivity contribution in [1.29, 1.82) is 5.26 Å². The van der Waals surface area contributed by atoms with E-state index < -0.39 is 46.3 Å². The number of halogens is 6. The van der Waals surface area contributed by atoms with E-state index in [0.717, 1.165) is 11.6 Å². The number of hydrogen-bond donors (Lipinski definition) is 0. The predicted octanol–water partition coefficient (Wildman–Crippen LogP) is 6.22. The van der Waals surface area contributed by atoms with Gasteiger partial charge in [0, 0.05) is 17.7 Å². The monoisotopic (exact) mass is 407 g/mol. The first-order valence-electron chi connectivity index (χ1n) is 8.15. The van der Waals surface area contributed by atoms with Gasteiger partial charge in [-0.25, -0.2) is 17.6 Å². The average Bonchev–Trinajstić information content (AvgIpc) is 2.64. The van der Waals surface area contributed by atoms with E-state index in [9.17, 15) is 26.3 Å². The minimum absolute atomic E-state index is 0.238. The molecule has 3 aromatic carbocycles. The number of benzene rings is 3. The standard InChI is InChI=1S/C21H11F6NO/c1-11-2-4-12(5-3-11)14-6-7-16(20(25)19(14)24)21(26,27)29-13-8-17(22)15(10-28)18(23)9-13/h2-9H,1H3. The van der Waals surface area contributed by atoms with Crippen molar-refractivity contribution in [2.45, 2.75) is 13.0 Å². The molecule has 0 unspecified atom stereocenters. The Morgan fingerprint density at radius 2 is 1.45 bits per heavy atom. The largest absolute Gasteiger partial charge is 0.429 e. The van der Waals surface area contributed by atoms with Crippen LogP contribution in [0.2, 0.25) is 0 Å². The summed E-state index contributed by atoms with van der Waals surface area (Å²) in [6.45, 7) is 1.79. The second-order valence-corrected chi connectivity index (χ2v) is 6.15. The maximum atomic E-state index is 14.4. The fraction of sp³-hybridized carbons (Fsp3) is 0.0952. The normalized spacial score (nSPS) is 11.2. The van der Waals surface area contributed by atoms with Gasteiger partial charge in [-0.3, -0.25) is 0 Å². The van der Waals surface area contributed by atoms with Crippen LogP contribution in [0.3, 0.4) is 0 Å². The summed E-state index contributed by atoms with van der Waals surface area (Å²) in [6.07, 6.45) is -4.44. The van der Waals surface area contributed by atoms with Gasteiger partial charge in [-0.15, -0.1) is 0 Å². The summed E-state index contributed by atoms with van der Waals surface area (Å²) in [4.78, 5) is 0. The SMILES string of the molecule is Cc1ccc(-c2ccc(C(F)(F)Oc3cc(F)c(C#N)c(F)c3)c(F)c2F)cc1. The molecule has 3 rings (SSSR count). The third kappa shape index (κ3) is 3.90. The fourth-order valence-corrected chi connectivity index (χ4v) is 2.65. The van der Waals surface area contributed by atoms with E-state index in [4.69, 9.17) is 5.26 Å². The zero-order valence-electron chi connectivity index (χ0n) is 14.7. The molecule has 0 amide bonds. The number of hydrogen-bond acceptors (Lipinski definition) is 2. The Bertz CT molecular complexity index is 1100. The van der Waals surface area contributed by atoms with Gasteiger partial charge in [-0.1, -0.05) is 35.9 Å². The van der Waals surface area contributed by atoms with Crippen LogP contribution in [0.25, 0.3) is 11.1 Å². The fourth-order valence-electron chi connectivity index (χ4n) is 2.65. The number of rotatable bonds is 4. The molecule has 0 radical (unpaired) electrons. The van der Waals surface area contributed by atoms with E-state index in [1.54, 1.807) is 19.1 Å². The number of nitrogens with zero attached hydrogens (tertiary/aromatic N) is 1. The van der Waals surface area contributed by atoms with E-state index in [1.807, 2.05) is 0 Å². The lowest BCUT2D eigenvalue weighted by Gasteiger charge is -2.20. The lowest BCUT2D eigenvalue weighted by atomic mass is 10.0. The average molecular weight is 407 g/mol. The summed E-state index contributed by atoms with van der Waals surface area (Å²) in [5.41, 5.74) is -1.53. The predicted molar refractivity (Wildman–Crippen MR) is 92.1 cm³/mol. The third-order valence-corrected chi connectivity index (χ3v) is 4.13. The number of nitriles is 1. The summed E-state index contributed by atoms with van der Waals surface area (Å²) in [6, 6.07) is 9.81. The van der Waals surface area contributed by atoms with Crippen LogP contribution >= 0.6 is 0 Å². The van der Waals surface area contributed by atoms with Crippen LogP contribution in [0.1, 0.15) is 16.7 Å². The molecule has 0 heterocycles. The van der Waals surface area contributed by atoms with Gasteiger partial charge in [-0.2, -0.15) is 14.0 Å². The summed E-state index contributed by atoms with van der Waals surface area (Å²) in [5.74, 6) is -7.24. The van der Waals surface area contributed by atoms with Crippen molar-refractivity contribution in [1.82, 2.24) is 0 Å². The Morgan fingerprint density at radius 3 is 2.00 bits per heavy atom. The molecule has 0 saturated heterocycles. The molecule has 0 aliphatic rings. The van der Waals surface area contributed by atoms with Crippen LogP contribution in [0, 0.1) is 41.5 Å². The molecule has 0 bridgehead atoms. The van der Waals surface area contributed by atoms with Gasteiger partial charge < -0.3 is 4.74 Å². The molecule has 0 spiro atoms. The second-order valence-electron chi connectivity index (χ2n) is 6.15. The molecule has 148 valence electrons. The van der Waals surface area contributed by atoms with E-state index in [-0.39, 0.29) is 11.1 Å². The van der Waals surface area contributed by atoms with Crippen molar-refractivity contribution >= 4 is 0 Å². The molecule has 8 heteroatoms. The van der Waals surface area contributed by atoms with Crippen LogP contribution < -0.4 is 4.74 Å². The van der Waals surface area contributed by atoms with Crippen LogP contribution in [-0.2, 0) is 6.11 Å². The number of ether oxygens (including phenoxy) is 1. The van der Waals surface area contributed by atoms with E-state index in [2.05, 4.69) is 4.74 Å². The topological polar surface area (TPSA) is 33.0 Å². The van der Waals surface area contributed by atoms with Crippen molar-refractivity contribution in [2.24, 2.45) is 0 Å². The number of alkyl halides is 2. The smallest absolute Gasteiger partial charge is 0.429 e. The zero-order valence-corrected chi connectivity index (χ0v) is 14.7. The molecular formula is C21H11F6NO. The summed E-state index contributed by atoms with van der Waals surface area (Å²) in [7, 11) is 0. The Balaban J connectivity index is 1.98. The highest BCUT2D eigenvalue weighted by Gasteiger charge is 2.39. The molecular weight excluding hydrogens is 396 g/mol. The molecule has 0 atom stereocenters. The minimum atomic E-state index is -4.44. The van der Waals surface area contributed by atoms with Gasteiger partial charge in [0.05, 0.1) is 0 Å². The van der Waals surface area contributed by atoms with Gasteiger partial charge >= 0.3 is 6.11 Å². The Kier molecular flexibility index (Phi) is 5.25. The second kappa shape index (κ2) is 7.51. The van der Waals surface area contributed by atoms with Crippen LogP contribution in [-0.4, -0.2) is 0 Å². The molecule has 0 fully saturated rings. The first-order valence-corrected chi connectivity index (χ1v) is 8.15. The van der Waals surface area contributed by atoms with Crippen molar-refractivity contribution in [2.75, 3.05) is 0 Å². The molecule has 0 aromatic heterocycles. The molecule has 0 aliphatic carbocycles. The van der Waals surface area contributed by atoms with Gasteiger partial charge in [0.1, 0.15) is 34.6 Å². The van der Waals surface area contributed by atoms with E-state index >= 15 is 0 Å². The molecule has 0 aliphatic heterocycles. The van der Waals surface area contributed by atoms with Gasteiger partial charge in [0.2, 0.25) is 0 Å². The van der Waals surface area contributed by atoms with Crippen LogP contribution in [0.4, 0.5) is 26.3 Å². The Hall–Kier alpha value is -3.47. The maximum absolute atomic E-state index is 14.4. The summed E-state index contributed by atoms with van der Waals surface area (Å²) in [5, 5.41) is 8.59. The highest BCUT2D eigenvalue weighted by molar-refractivity contribution is 5.65. The number of aryl methyl sites for hydroxylation is 1. The third-order valence-electron chi connectivity index (χ3n) is 4.13. The first kappa shape index (κ1) is 20.3. The maximum Gasteiger partial charge on any atom is 0.429 e. The first-order chi connectivity index (χ1) is 13.6. The van der Waals surface area contributed by atoms with Crippen LogP contribution in [0.5, 0.6) is 5.75 Å². The molecule has 0 saturated carbocycles. The van der Waals surface area contributed by atoms with Gasteiger partial charge in [0.25, 0.3) is 0 Å². The van der Waals surface area contributed by atoms with E-state index in [1.165, 1.54) is 18.2 Å². The van der Waals surface area contributed by atoms with Crippen molar-refractivity contribution in [3.05, 3.63) is 88.5 Å². The summed E-state index contributed by atoms with van der Waals surface area (Å²) < 4.78 is 88.9. The molecule has 3 aromatic rings. The Morgan fingerprint density at radius 1 is 0.862 bits per heavy atom. The lowest BCUT2D eigenvalue weighted by Crippen LogP contribution is -2.24. The van der Waals surface area contributed by atoms with Gasteiger partial charge in [-0.05, 0) is 18.6 Å². The highest BCUT2D eigenvalue weighted by Crippen LogP contribution is 2.37. The highest BCUT2D eigenvalue weighted by atomic mass is 19.3. The quantitative estimate of drug-likeness (QED) is 0.481. The summed E-state index contributed by atoms with van der Waals surface area (Å²) >= 11 is 0. The molecule has 0 N–H and O–H groups in total. The molecule has 2 nitrogen and oxygen atoms in total. The van der Waals surface area contributed by atoms with E-state index in [0.29, 0.717) is 18.2 Å². The zero-order chi connectivity index (χ0) is 21.3. The van der Waals surface area contributed by atoms with Gasteiger partial charge in [0.15, 0.2) is 11.6 Å². The van der Waals surface area contributed by atoms with Crippen molar-refractivity contribution in [3.63, 3.8) is 0 Å². The minimum Gasteiger partial charge on any atom is -0.429 e. The Labute approximate surface area is 161 Å². The van der Waals surface area contributed by atoms with Crippen molar-refractivity contribution in [3.8, 4) is 22.9 Å².